The highest BCUT2D eigenvalue weighted by atomic mass is 32.2. The van der Waals surface area contributed by atoms with Crippen LogP contribution in [0.2, 0.25) is 0 Å². The molecule has 0 saturated carbocycles. The lowest BCUT2D eigenvalue weighted by Gasteiger charge is -2.36. The average Bonchev–Trinajstić information content (AvgIpc) is 2.70. The molecule has 0 aliphatic carbocycles. The van der Waals surface area contributed by atoms with Gasteiger partial charge in [-0.1, -0.05) is 17.7 Å². The van der Waals surface area contributed by atoms with Crippen LogP contribution in [-0.2, 0) is 14.8 Å². The van der Waals surface area contributed by atoms with Crippen LogP contribution < -0.4 is 5.32 Å². The number of anilines is 1. The Morgan fingerprint density at radius 3 is 2.37 bits per heavy atom. The maximum absolute atomic E-state index is 12.7. The third kappa shape index (κ3) is 4.52. The van der Waals surface area contributed by atoms with Crippen LogP contribution >= 0.6 is 0 Å². The number of piperazine rings is 1. The van der Waals surface area contributed by atoms with Gasteiger partial charge in [0.25, 0.3) is 0 Å². The zero-order valence-electron chi connectivity index (χ0n) is 15.5. The van der Waals surface area contributed by atoms with Crippen LogP contribution in [0, 0.1) is 6.92 Å². The molecule has 1 aliphatic heterocycles. The second-order valence-electron chi connectivity index (χ2n) is 6.66. The number of aromatic nitrogens is 1. The minimum absolute atomic E-state index is 0.0950. The van der Waals surface area contributed by atoms with E-state index in [-0.39, 0.29) is 16.8 Å². The third-order valence-corrected chi connectivity index (χ3v) is 6.67. The van der Waals surface area contributed by atoms with Crippen LogP contribution in [0.4, 0.5) is 5.69 Å². The average molecular weight is 388 g/mol. The van der Waals surface area contributed by atoms with Gasteiger partial charge in [-0.2, -0.15) is 4.31 Å². The van der Waals surface area contributed by atoms with Crippen LogP contribution in [0.3, 0.4) is 0 Å². The zero-order valence-corrected chi connectivity index (χ0v) is 16.3. The van der Waals surface area contributed by atoms with E-state index in [0.717, 1.165) is 11.3 Å². The molecule has 8 heteroatoms. The Hall–Kier alpha value is -2.29. The summed E-state index contributed by atoms with van der Waals surface area (Å²) in [5, 5.41) is 2.91. The molecule has 0 spiro atoms. The van der Waals surface area contributed by atoms with Crippen LogP contribution in [0.15, 0.2) is 53.7 Å². The van der Waals surface area contributed by atoms with Crippen LogP contribution in [0.25, 0.3) is 0 Å². The molecule has 1 N–H and O–H groups in total. The molecule has 144 valence electrons. The molecule has 0 unspecified atom stereocenters. The first-order valence-electron chi connectivity index (χ1n) is 8.90. The summed E-state index contributed by atoms with van der Waals surface area (Å²) in [6.45, 7) is 5.53. The molecule has 3 rings (SSSR count). The highest BCUT2D eigenvalue weighted by Crippen LogP contribution is 2.18. The van der Waals surface area contributed by atoms with Crippen molar-refractivity contribution in [3.63, 3.8) is 0 Å². The number of aryl methyl sites for hydroxylation is 1. The predicted octanol–water partition coefficient (Wildman–Crippen LogP) is 1.72. The largest absolute Gasteiger partial charge is 0.325 e. The molecule has 27 heavy (non-hydrogen) atoms. The van der Waals surface area contributed by atoms with E-state index in [2.05, 4.69) is 10.3 Å². The molecule has 0 bridgehead atoms. The second kappa shape index (κ2) is 8.16. The summed E-state index contributed by atoms with van der Waals surface area (Å²) in [5.74, 6) is -0.0950. The quantitative estimate of drug-likeness (QED) is 0.843. The topological polar surface area (TPSA) is 82.6 Å². The number of carbonyl (C=O) groups excluding carboxylic acids is 1. The van der Waals surface area contributed by atoms with E-state index in [0.29, 0.717) is 26.2 Å². The van der Waals surface area contributed by atoms with E-state index < -0.39 is 10.0 Å². The molecule has 1 aromatic heterocycles. The van der Waals surface area contributed by atoms with Gasteiger partial charge < -0.3 is 5.32 Å². The lowest BCUT2D eigenvalue weighted by Crippen LogP contribution is -2.53. The minimum atomic E-state index is -3.54. The summed E-state index contributed by atoms with van der Waals surface area (Å²) in [6.07, 6.45) is 2.91. The molecular weight excluding hydrogens is 364 g/mol. The van der Waals surface area contributed by atoms with Gasteiger partial charge in [-0.15, -0.1) is 0 Å². The number of nitrogens with one attached hydrogen (secondary N) is 1. The van der Waals surface area contributed by atoms with Crippen molar-refractivity contribution in [3.05, 3.63) is 54.4 Å². The fraction of sp³-hybridized carbons (Fsp3) is 0.368. The molecule has 0 radical (unpaired) electrons. The Balaban J connectivity index is 1.58. The lowest BCUT2D eigenvalue weighted by atomic mass is 10.2. The smallest absolute Gasteiger partial charge is 0.244 e. The number of pyridine rings is 1. The predicted molar refractivity (Wildman–Crippen MR) is 104 cm³/mol. The van der Waals surface area contributed by atoms with Gasteiger partial charge in [-0.3, -0.25) is 14.7 Å². The van der Waals surface area contributed by atoms with Crippen LogP contribution in [-0.4, -0.2) is 60.7 Å². The van der Waals surface area contributed by atoms with Crippen LogP contribution in [0.1, 0.15) is 12.5 Å². The van der Waals surface area contributed by atoms with Gasteiger partial charge in [0.1, 0.15) is 4.90 Å². The van der Waals surface area contributed by atoms with E-state index in [9.17, 15) is 13.2 Å². The molecule has 2 aromatic rings. The van der Waals surface area contributed by atoms with Crippen molar-refractivity contribution in [2.45, 2.75) is 24.8 Å². The van der Waals surface area contributed by atoms with Gasteiger partial charge in [-0.25, -0.2) is 8.42 Å². The SMILES string of the molecule is Cc1ccc(NC(=O)[C@H](C)N2CCN(S(=O)(=O)c3cccnc3)CC2)cc1. The van der Waals surface area contributed by atoms with Gasteiger partial charge in [0.15, 0.2) is 0 Å². The number of nitrogens with zero attached hydrogens (tertiary/aromatic N) is 3. The summed E-state index contributed by atoms with van der Waals surface area (Å²) < 4.78 is 26.8. The fourth-order valence-corrected chi connectivity index (χ4v) is 4.42. The molecule has 7 nitrogen and oxygen atoms in total. The monoisotopic (exact) mass is 388 g/mol. The highest BCUT2D eigenvalue weighted by Gasteiger charge is 2.31. The Morgan fingerprint density at radius 2 is 1.78 bits per heavy atom. The van der Waals surface area contributed by atoms with Crippen molar-refractivity contribution in [3.8, 4) is 0 Å². The second-order valence-corrected chi connectivity index (χ2v) is 8.60. The number of amides is 1. The van der Waals surface area contributed by atoms with Crippen molar-refractivity contribution in [2.75, 3.05) is 31.5 Å². The Labute approximate surface area is 160 Å². The highest BCUT2D eigenvalue weighted by molar-refractivity contribution is 7.89. The van der Waals surface area contributed by atoms with E-state index in [1.165, 1.54) is 10.5 Å². The van der Waals surface area contributed by atoms with E-state index in [4.69, 9.17) is 0 Å². The first-order valence-corrected chi connectivity index (χ1v) is 10.3. The van der Waals surface area contributed by atoms with Crippen molar-refractivity contribution in [1.29, 1.82) is 0 Å². The standard InChI is InChI=1S/C19H24N4O3S/c1-15-5-7-17(8-6-15)21-19(24)16(2)22-10-12-23(13-11-22)27(25,26)18-4-3-9-20-14-18/h3-9,14,16H,10-13H2,1-2H3,(H,21,24)/t16-/m0/s1. The normalized spacial score (nSPS) is 17.4. The number of hydrogen-bond acceptors (Lipinski definition) is 5. The molecular formula is C19H24N4O3S. The van der Waals surface area contributed by atoms with Crippen molar-refractivity contribution in [2.24, 2.45) is 0 Å². The molecule has 1 atom stereocenters. The van der Waals surface area contributed by atoms with Crippen molar-refractivity contribution in [1.82, 2.24) is 14.2 Å². The van der Waals surface area contributed by atoms with E-state index >= 15 is 0 Å². The Morgan fingerprint density at radius 1 is 1.11 bits per heavy atom. The maximum Gasteiger partial charge on any atom is 0.244 e. The summed E-state index contributed by atoms with van der Waals surface area (Å²) in [4.78, 5) is 18.6. The van der Waals surface area contributed by atoms with Gasteiger partial charge in [-0.05, 0) is 38.1 Å². The molecule has 2 heterocycles. The number of benzene rings is 1. The number of sulfonamides is 1. The third-order valence-electron chi connectivity index (χ3n) is 4.79. The van der Waals surface area contributed by atoms with E-state index in [1.807, 2.05) is 43.0 Å². The number of carbonyl (C=O) groups is 1. The Bertz CT molecular complexity index is 877. The summed E-state index contributed by atoms with van der Waals surface area (Å²) in [5.41, 5.74) is 1.89. The van der Waals surface area contributed by atoms with E-state index in [1.54, 1.807) is 18.3 Å². The maximum atomic E-state index is 12.7. The number of hydrogen-bond donors (Lipinski definition) is 1. The van der Waals surface area contributed by atoms with Crippen LogP contribution in [0.5, 0.6) is 0 Å². The van der Waals surface area contributed by atoms with Crippen molar-refractivity contribution >= 4 is 21.6 Å². The lowest BCUT2D eigenvalue weighted by molar-refractivity contribution is -0.121. The van der Waals surface area contributed by atoms with Gasteiger partial charge in [0, 0.05) is 44.3 Å². The summed E-state index contributed by atoms with van der Waals surface area (Å²) in [7, 11) is -3.54. The summed E-state index contributed by atoms with van der Waals surface area (Å²) in [6, 6.07) is 10.5. The van der Waals surface area contributed by atoms with Crippen molar-refractivity contribution < 1.29 is 13.2 Å². The number of rotatable bonds is 5. The molecule has 1 aromatic carbocycles. The first-order chi connectivity index (χ1) is 12.9. The van der Waals surface area contributed by atoms with Gasteiger partial charge in [0.2, 0.25) is 15.9 Å². The van der Waals surface area contributed by atoms with Gasteiger partial charge in [0.05, 0.1) is 6.04 Å². The summed E-state index contributed by atoms with van der Waals surface area (Å²) >= 11 is 0. The first kappa shape index (κ1) is 19.5. The molecule has 1 saturated heterocycles. The molecule has 1 aliphatic rings. The van der Waals surface area contributed by atoms with Gasteiger partial charge >= 0.3 is 0 Å². The minimum Gasteiger partial charge on any atom is -0.325 e. The zero-order chi connectivity index (χ0) is 19.4. The molecule has 1 fully saturated rings. The fourth-order valence-electron chi connectivity index (χ4n) is 3.03. The molecule has 1 amide bonds. The Kier molecular flexibility index (Phi) is 5.88.